The van der Waals surface area contributed by atoms with E-state index in [9.17, 15) is 19.2 Å². The Kier molecular flexibility index (Phi) is 6.19. The summed E-state index contributed by atoms with van der Waals surface area (Å²) in [6, 6.07) is 6.57. The Hall–Kier alpha value is -3.70. The normalized spacial score (nSPS) is 20.6. The van der Waals surface area contributed by atoms with E-state index in [4.69, 9.17) is 0 Å². The van der Waals surface area contributed by atoms with E-state index in [2.05, 4.69) is 45.0 Å². The van der Waals surface area contributed by atoms with E-state index in [1.54, 1.807) is 29.8 Å². The molecule has 2 aromatic heterocycles. The smallest absolute Gasteiger partial charge is 0.262 e. The van der Waals surface area contributed by atoms with Crippen LogP contribution in [0.1, 0.15) is 63.8 Å². The SMILES string of the molecule is CC(C)c1cc2c(N3CCN(Cc4ccc5c(c4)C(=O)N(C4CCC(=O)NC4=O)C5=O)CC3)ncnc2s1. The molecule has 5 heterocycles. The molecule has 0 bridgehead atoms. The molecule has 1 unspecified atom stereocenters. The first kappa shape index (κ1) is 24.6. The first-order valence-electron chi connectivity index (χ1n) is 12.9. The number of benzene rings is 1. The summed E-state index contributed by atoms with van der Waals surface area (Å²) in [6.45, 7) is 8.33. The standard InChI is InChI=1S/C27H28N6O4S/c1-15(2)21-12-19-23(28-14-29-25(19)38-21)32-9-7-31(8-10-32)13-16-3-4-17-18(11-16)27(37)33(26(17)36)20-5-6-22(34)30-24(20)35/h3-4,11-12,14-15,20H,5-10,13H2,1-2H3,(H,30,34,35). The summed E-state index contributed by atoms with van der Waals surface area (Å²) in [4.78, 5) is 66.9. The Morgan fingerprint density at radius 1 is 1.00 bits per heavy atom. The van der Waals surface area contributed by atoms with Crippen LogP contribution in [-0.4, -0.2) is 75.6 Å². The van der Waals surface area contributed by atoms with Gasteiger partial charge in [0.25, 0.3) is 11.8 Å². The fraction of sp³-hybridized carbons (Fsp3) is 0.407. The fourth-order valence-corrected chi connectivity index (χ4v) is 6.39. The highest BCUT2D eigenvalue weighted by atomic mass is 32.1. The zero-order chi connectivity index (χ0) is 26.6. The number of imide groups is 2. The van der Waals surface area contributed by atoms with E-state index in [1.807, 2.05) is 6.07 Å². The van der Waals surface area contributed by atoms with Crippen molar-refractivity contribution in [3.05, 3.63) is 52.2 Å². The van der Waals surface area contributed by atoms with E-state index in [1.165, 1.54) is 4.88 Å². The van der Waals surface area contributed by atoms with Gasteiger partial charge in [0.2, 0.25) is 11.8 Å². The molecule has 196 valence electrons. The molecule has 2 fully saturated rings. The maximum atomic E-state index is 13.1. The molecule has 10 nitrogen and oxygen atoms in total. The molecule has 1 atom stereocenters. The van der Waals surface area contributed by atoms with Crippen molar-refractivity contribution in [1.82, 2.24) is 25.1 Å². The van der Waals surface area contributed by atoms with Gasteiger partial charge in [0.1, 0.15) is 23.0 Å². The minimum atomic E-state index is -0.954. The number of amides is 4. The molecule has 3 aliphatic heterocycles. The van der Waals surface area contributed by atoms with E-state index in [-0.39, 0.29) is 18.7 Å². The molecule has 38 heavy (non-hydrogen) atoms. The molecule has 1 aromatic carbocycles. The first-order chi connectivity index (χ1) is 18.3. The summed E-state index contributed by atoms with van der Waals surface area (Å²) in [5.74, 6) is -0.513. The Morgan fingerprint density at radius 2 is 1.76 bits per heavy atom. The van der Waals surface area contributed by atoms with Crippen LogP contribution in [0.5, 0.6) is 0 Å². The third-order valence-electron chi connectivity index (χ3n) is 7.48. The lowest BCUT2D eigenvalue weighted by Crippen LogP contribution is -2.54. The predicted octanol–water partition coefficient (Wildman–Crippen LogP) is 2.54. The lowest BCUT2D eigenvalue weighted by atomic mass is 10.0. The van der Waals surface area contributed by atoms with Gasteiger partial charge in [-0.05, 0) is 36.1 Å². The number of anilines is 1. The highest BCUT2D eigenvalue weighted by Crippen LogP contribution is 2.34. The summed E-state index contributed by atoms with van der Waals surface area (Å²) in [5.41, 5.74) is 1.56. The van der Waals surface area contributed by atoms with Gasteiger partial charge in [-0.2, -0.15) is 0 Å². The average Bonchev–Trinajstić information content (AvgIpc) is 3.44. The molecule has 11 heteroatoms. The van der Waals surface area contributed by atoms with Crippen LogP contribution in [0.25, 0.3) is 10.2 Å². The Labute approximate surface area is 223 Å². The zero-order valence-corrected chi connectivity index (χ0v) is 22.1. The third kappa shape index (κ3) is 4.25. The number of aromatic nitrogens is 2. The molecular weight excluding hydrogens is 504 g/mol. The van der Waals surface area contributed by atoms with E-state index in [0.29, 0.717) is 23.6 Å². The Balaban J connectivity index is 1.13. The van der Waals surface area contributed by atoms with Crippen molar-refractivity contribution in [3.8, 4) is 0 Å². The van der Waals surface area contributed by atoms with Gasteiger partial charge >= 0.3 is 0 Å². The molecule has 4 amide bonds. The number of hydrogen-bond donors (Lipinski definition) is 1. The molecule has 3 aromatic rings. The zero-order valence-electron chi connectivity index (χ0n) is 21.3. The van der Waals surface area contributed by atoms with Crippen LogP contribution >= 0.6 is 11.3 Å². The highest BCUT2D eigenvalue weighted by Gasteiger charge is 2.44. The Bertz CT molecular complexity index is 1480. The van der Waals surface area contributed by atoms with Gasteiger partial charge < -0.3 is 4.90 Å². The maximum Gasteiger partial charge on any atom is 0.262 e. The lowest BCUT2D eigenvalue weighted by molar-refractivity contribution is -0.136. The second-order valence-electron chi connectivity index (χ2n) is 10.3. The molecule has 0 aliphatic carbocycles. The lowest BCUT2D eigenvalue weighted by Gasteiger charge is -2.35. The van der Waals surface area contributed by atoms with Gasteiger partial charge in [0.05, 0.1) is 16.5 Å². The molecule has 2 saturated heterocycles. The summed E-state index contributed by atoms with van der Waals surface area (Å²) >= 11 is 1.72. The van der Waals surface area contributed by atoms with E-state index >= 15 is 0 Å². The van der Waals surface area contributed by atoms with Gasteiger partial charge in [-0.3, -0.25) is 34.3 Å². The summed E-state index contributed by atoms with van der Waals surface area (Å²) < 4.78 is 0. The number of piperazine rings is 1. The molecular formula is C27H28N6O4S. The van der Waals surface area contributed by atoms with Gasteiger partial charge in [0, 0.05) is 44.0 Å². The van der Waals surface area contributed by atoms with Crippen LogP contribution in [0.2, 0.25) is 0 Å². The minimum absolute atomic E-state index is 0.104. The largest absolute Gasteiger partial charge is 0.353 e. The van der Waals surface area contributed by atoms with E-state index < -0.39 is 23.8 Å². The molecule has 0 saturated carbocycles. The van der Waals surface area contributed by atoms with Crippen molar-refractivity contribution in [1.29, 1.82) is 0 Å². The van der Waals surface area contributed by atoms with Crippen molar-refractivity contribution in [2.75, 3.05) is 31.1 Å². The monoisotopic (exact) mass is 532 g/mol. The van der Waals surface area contributed by atoms with Crippen molar-refractivity contribution >= 4 is 51.0 Å². The predicted molar refractivity (Wildman–Crippen MR) is 142 cm³/mol. The van der Waals surface area contributed by atoms with Gasteiger partial charge in [-0.25, -0.2) is 9.97 Å². The quantitative estimate of drug-likeness (QED) is 0.499. The maximum absolute atomic E-state index is 13.1. The van der Waals surface area contributed by atoms with Crippen LogP contribution in [0.4, 0.5) is 5.82 Å². The molecule has 0 radical (unpaired) electrons. The van der Waals surface area contributed by atoms with E-state index in [0.717, 1.165) is 52.7 Å². The van der Waals surface area contributed by atoms with Crippen LogP contribution in [0, 0.1) is 0 Å². The van der Waals surface area contributed by atoms with Gasteiger partial charge in [-0.1, -0.05) is 19.9 Å². The van der Waals surface area contributed by atoms with Gasteiger partial charge in [0.15, 0.2) is 0 Å². The number of fused-ring (bicyclic) bond motifs is 2. The first-order valence-corrected chi connectivity index (χ1v) is 13.7. The summed E-state index contributed by atoms with van der Waals surface area (Å²) in [7, 11) is 0. The van der Waals surface area contributed by atoms with Crippen molar-refractivity contribution < 1.29 is 19.2 Å². The summed E-state index contributed by atoms with van der Waals surface area (Å²) in [5, 5.41) is 3.34. The Morgan fingerprint density at radius 3 is 2.50 bits per heavy atom. The average molecular weight is 533 g/mol. The van der Waals surface area contributed by atoms with Crippen molar-refractivity contribution in [2.45, 2.75) is 45.2 Å². The number of hydrogen-bond acceptors (Lipinski definition) is 9. The second kappa shape index (κ2) is 9.55. The van der Waals surface area contributed by atoms with Crippen molar-refractivity contribution in [2.24, 2.45) is 0 Å². The van der Waals surface area contributed by atoms with Crippen LogP contribution in [-0.2, 0) is 16.1 Å². The topological polar surface area (TPSA) is 116 Å². The van der Waals surface area contributed by atoms with Crippen LogP contribution < -0.4 is 10.2 Å². The van der Waals surface area contributed by atoms with Crippen LogP contribution in [0.15, 0.2) is 30.6 Å². The number of nitrogens with zero attached hydrogens (tertiary/aromatic N) is 5. The number of carbonyl (C=O) groups is 4. The fourth-order valence-electron chi connectivity index (χ4n) is 5.39. The number of thiophene rings is 1. The molecule has 0 spiro atoms. The second-order valence-corrected chi connectivity index (χ2v) is 11.4. The van der Waals surface area contributed by atoms with Crippen molar-refractivity contribution in [3.63, 3.8) is 0 Å². The summed E-state index contributed by atoms with van der Waals surface area (Å²) in [6.07, 6.45) is 1.90. The number of nitrogens with one attached hydrogen (secondary N) is 1. The molecule has 3 aliphatic rings. The highest BCUT2D eigenvalue weighted by molar-refractivity contribution is 7.18. The molecule has 1 N–H and O–H groups in total. The minimum Gasteiger partial charge on any atom is -0.353 e. The van der Waals surface area contributed by atoms with Gasteiger partial charge in [-0.15, -0.1) is 11.3 Å². The van der Waals surface area contributed by atoms with Crippen LogP contribution in [0.3, 0.4) is 0 Å². The third-order valence-corrected chi connectivity index (χ3v) is 8.82. The number of piperidine rings is 1. The molecule has 6 rings (SSSR count). The number of carbonyl (C=O) groups excluding carboxylic acids is 4. The number of rotatable bonds is 5.